The molecule has 0 aliphatic heterocycles. The molecule has 1 fully saturated rings. The minimum Gasteiger partial charge on any atom is -0.383 e. The minimum absolute atomic E-state index is 0.196. The Morgan fingerprint density at radius 2 is 1.89 bits per heavy atom. The Morgan fingerprint density at radius 1 is 1.21 bits per heavy atom. The highest BCUT2D eigenvalue weighted by molar-refractivity contribution is 5.33. The summed E-state index contributed by atoms with van der Waals surface area (Å²) >= 11 is 0. The number of hydrogen-bond donors (Lipinski definition) is 2. The molecule has 3 N–H and O–H groups in total. The highest BCUT2D eigenvalue weighted by atomic mass is 16.3. The zero-order chi connectivity index (χ0) is 13.3. The summed E-state index contributed by atoms with van der Waals surface area (Å²) in [5.41, 5.74) is 6.71. The Morgan fingerprint density at radius 3 is 2.58 bits per heavy atom. The van der Waals surface area contributed by atoms with Gasteiger partial charge >= 0.3 is 0 Å². The lowest BCUT2D eigenvalue weighted by atomic mass is 9.80. The molecule has 19 heavy (non-hydrogen) atoms. The summed E-state index contributed by atoms with van der Waals surface area (Å²) in [6.07, 6.45) is 4.64. The quantitative estimate of drug-likeness (QED) is 0.852. The predicted molar refractivity (Wildman–Crippen MR) is 71.7 cm³/mol. The highest BCUT2D eigenvalue weighted by Crippen LogP contribution is 2.36. The molecular weight excluding hydrogens is 240 g/mol. The molecule has 1 aromatic carbocycles. The first kappa shape index (κ1) is 12.3. The first-order valence-corrected chi connectivity index (χ1v) is 6.64. The maximum absolute atomic E-state index is 10.8. The molecule has 1 aliphatic carbocycles. The van der Waals surface area contributed by atoms with Crippen molar-refractivity contribution in [1.82, 2.24) is 15.0 Å². The van der Waals surface area contributed by atoms with Gasteiger partial charge in [0.05, 0.1) is 17.6 Å². The van der Waals surface area contributed by atoms with Gasteiger partial charge in [-0.05, 0) is 37.8 Å². The average molecular weight is 258 g/mol. The van der Waals surface area contributed by atoms with Gasteiger partial charge in [0.25, 0.3) is 0 Å². The summed E-state index contributed by atoms with van der Waals surface area (Å²) in [5.74, 6) is 0. The summed E-state index contributed by atoms with van der Waals surface area (Å²) in [7, 11) is 0. The van der Waals surface area contributed by atoms with Crippen molar-refractivity contribution >= 4 is 0 Å². The van der Waals surface area contributed by atoms with Crippen molar-refractivity contribution in [3.63, 3.8) is 0 Å². The summed E-state index contributed by atoms with van der Waals surface area (Å²) in [4.78, 5) is 0. The number of aliphatic hydroxyl groups is 1. The topological polar surface area (TPSA) is 77.0 Å². The van der Waals surface area contributed by atoms with Crippen LogP contribution in [0.5, 0.6) is 0 Å². The van der Waals surface area contributed by atoms with Gasteiger partial charge in [0.1, 0.15) is 5.60 Å². The van der Waals surface area contributed by atoms with Gasteiger partial charge in [-0.25, -0.2) is 4.68 Å². The Kier molecular flexibility index (Phi) is 3.08. The predicted octanol–water partition coefficient (Wildman–Crippen LogP) is 1.36. The molecule has 5 heteroatoms. The molecule has 0 saturated heterocycles. The van der Waals surface area contributed by atoms with Crippen molar-refractivity contribution < 1.29 is 5.11 Å². The maximum atomic E-state index is 10.8. The van der Waals surface area contributed by atoms with Crippen molar-refractivity contribution in [1.29, 1.82) is 0 Å². The zero-order valence-corrected chi connectivity index (χ0v) is 10.7. The molecule has 0 spiro atoms. The number of nitrogens with two attached hydrogens (primary N) is 1. The number of hydrogen-bond acceptors (Lipinski definition) is 4. The van der Waals surface area contributed by atoms with E-state index in [0.717, 1.165) is 24.2 Å². The second-order valence-corrected chi connectivity index (χ2v) is 5.24. The molecular formula is C14H18N4O. The molecule has 3 rings (SSSR count). The minimum atomic E-state index is -0.866. The van der Waals surface area contributed by atoms with Crippen LogP contribution in [0.4, 0.5) is 0 Å². The van der Waals surface area contributed by atoms with Crippen molar-refractivity contribution in [2.75, 3.05) is 0 Å². The van der Waals surface area contributed by atoms with E-state index in [1.807, 2.05) is 30.3 Å². The fourth-order valence-electron chi connectivity index (χ4n) is 2.69. The third kappa shape index (κ3) is 2.27. The first-order chi connectivity index (χ1) is 9.19. The van der Waals surface area contributed by atoms with Crippen molar-refractivity contribution in [3.05, 3.63) is 42.2 Å². The molecule has 1 aliphatic rings. The molecule has 1 aromatic heterocycles. The van der Waals surface area contributed by atoms with Gasteiger partial charge < -0.3 is 10.8 Å². The normalized spacial score (nSPS) is 27.4. The van der Waals surface area contributed by atoms with Crippen LogP contribution in [0.1, 0.15) is 31.4 Å². The summed E-state index contributed by atoms with van der Waals surface area (Å²) < 4.78 is 1.72. The van der Waals surface area contributed by atoms with Gasteiger partial charge in [0, 0.05) is 6.04 Å². The number of para-hydroxylation sites is 1. The largest absolute Gasteiger partial charge is 0.383 e. The van der Waals surface area contributed by atoms with Gasteiger partial charge in [0.2, 0.25) is 0 Å². The van der Waals surface area contributed by atoms with Crippen molar-refractivity contribution in [2.24, 2.45) is 5.73 Å². The summed E-state index contributed by atoms with van der Waals surface area (Å²) in [5, 5.41) is 18.9. The Balaban J connectivity index is 1.96. The maximum Gasteiger partial charge on any atom is 0.108 e. The molecule has 0 amide bonds. The second-order valence-electron chi connectivity index (χ2n) is 5.24. The molecule has 5 nitrogen and oxygen atoms in total. The summed E-state index contributed by atoms with van der Waals surface area (Å²) in [6, 6.07) is 9.95. The average Bonchev–Trinajstić information content (AvgIpc) is 2.93. The lowest BCUT2D eigenvalue weighted by Crippen LogP contribution is -2.38. The van der Waals surface area contributed by atoms with E-state index in [0.29, 0.717) is 12.8 Å². The Bertz CT molecular complexity index is 544. The molecule has 0 atom stereocenters. The first-order valence-electron chi connectivity index (χ1n) is 6.64. The molecule has 100 valence electrons. The fourth-order valence-corrected chi connectivity index (χ4v) is 2.69. The van der Waals surface area contributed by atoms with Gasteiger partial charge in [-0.1, -0.05) is 23.4 Å². The van der Waals surface area contributed by atoms with Crippen LogP contribution in [0.2, 0.25) is 0 Å². The standard InChI is InChI=1S/C14H18N4O/c15-11-6-8-14(19,9-7-11)13-10-16-17-18(13)12-4-2-1-3-5-12/h1-5,10-11,19H,6-9,15H2. The number of benzene rings is 1. The molecule has 0 unspecified atom stereocenters. The van der Waals surface area contributed by atoms with Gasteiger partial charge in [-0.15, -0.1) is 5.10 Å². The smallest absolute Gasteiger partial charge is 0.108 e. The third-order valence-corrected chi connectivity index (χ3v) is 3.88. The van der Waals surface area contributed by atoms with E-state index < -0.39 is 5.60 Å². The highest BCUT2D eigenvalue weighted by Gasteiger charge is 2.37. The lowest BCUT2D eigenvalue weighted by Gasteiger charge is -2.34. The van der Waals surface area contributed by atoms with Gasteiger partial charge in [0.15, 0.2) is 0 Å². The van der Waals surface area contributed by atoms with E-state index in [-0.39, 0.29) is 6.04 Å². The van der Waals surface area contributed by atoms with E-state index in [1.165, 1.54) is 0 Å². The molecule has 1 heterocycles. The zero-order valence-electron chi connectivity index (χ0n) is 10.7. The van der Waals surface area contributed by atoms with E-state index in [2.05, 4.69) is 10.3 Å². The van der Waals surface area contributed by atoms with Crippen LogP contribution in [0.15, 0.2) is 36.5 Å². The molecule has 0 bridgehead atoms. The lowest BCUT2D eigenvalue weighted by molar-refractivity contribution is -0.0109. The SMILES string of the molecule is NC1CCC(O)(c2cnnn2-c2ccccc2)CC1. The van der Waals surface area contributed by atoms with Crippen LogP contribution in [-0.4, -0.2) is 26.1 Å². The van der Waals surface area contributed by atoms with Crippen LogP contribution in [0, 0.1) is 0 Å². The molecule has 2 aromatic rings. The van der Waals surface area contributed by atoms with E-state index >= 15 is 0 Å². The third-order valence-electron chi connectivity index (χ3n) is 3.88. The number of nitrogens with zero attached hydrogens (tertiary/aromatic N) is 3. The van der Waals surface area contributed by atoms with E-state index in [4.69, 9.17) is 5.73 Å². The van der Waals surface area contributed by atoms with Crippen LogP contribution in [0.25, 0.3) is 5.69 Å². The van der Waals surface area contributed by atoms with Crippen LogP contribution in [0.3, 0.4) is 0 Å². The monoisotopic (exact) mass is 258 g/mol. The molecule has 1 saturated carbocycles. The Hall–Kier alpha value is -1.72. The van der Waals surface area contributed by atoms with E-state index in [9.17, 15) is 5.11 Å². The number of rotatable bonds is 2. The van der Waals surface area contributed by atoms with Gasteiger partial charge in [-0.3, -0.25) is 0 Å². The van der Waals surface area contributed by atoms with Gasteiger partial charge in [-0.2, -0.15) is 0 Å². The van der Waals surface area contributed by atoms with Crippen molar-refractivity contribution in [2.45, 2.75) is 37.3 Å². The summed E-state index contributed by atoms with van der Waals surface area (Å²) in [6.45, 7) is 0. The number of aromatic nitrogens is 3. The Labute approximate surface area is 112 Å². The van der Waals surface area contributed by atoms with Crippen LogP contribution >= 0.6 is 0 Å². The van der Waals surface area contributed by atoms with Crippen LogP contribution in [-0.2, 0) is 5.60 Å². The fraction of sp³-hybridized carbons (Fsp3) is 0.429. The molecule has 0 radical (unpaired) electrons. The second kappa shape index (κ2) is 4.75. The van der Waals surface area contributed by atoms with Crippen LogP contribution < -0.4 is 5.73 Å². The van der Waals surface area contributed by atoms with Crippen molar-refractivity contribution in [3.8, 4) is 5.69 Å². The van der Waals surface area contributed by atoms with E-state index in [1.54, 1.807) is 10.9 Å².